The van der Waals surface area contributed by atoms with Crippen molar-refractivity contribution in [3.63, 3.8) is 0 Å². The van der Waals surface area contributed by atoms with Crippen LogP contribution in [-0.2, 0) is 26.6 Å². The third-order valence-electron chi connectivity index (χ3n) is 4.06. The van der Waals surface area contributed by atoms with Gasteiger partial charge in [-0.15, -0.1) is 0 Å². The molecule has 1 aliphatic heterocycles. The van der Waals surface area contributed by atoms with E-state index in [0.717, 1.165) is 24.4 Å². The van der Waals surface area contributed by atoms with Gasteiger partial charge in [0, 0.05) is 25.7 Å². The molecule has 0 radical (unpaired) electrons. The molecule has 3 rings (SSSR count). The van der Waals surface area contributed by atoms with Crippen molar-refractivity contribution in [1.82, 2.24) is 24.7 Å². The highest BCUT2D eigenvalue weighted by Gasteiger charge is 2.28. The fourth-order valence-electron chi connectivity index (χ4n) is 2.92. The minimum absolute atomic E-state index is 0.0280. The van der Waals surface area contributed by atoms with Crippen LogP contribution in [-0.4, -0.2) is 51.3 Å². The van der Waals surface area contributed by atoms with Crippen molar-refractivity contribution in [3.05, 3.63) is 34.5 Å². The minimum atomic E-state index is -0.0280. The average Bonchev–Trinajstić information content (AvgIpc) is 3.02. The zero-order chi connectivity index (χ0) is 15.9. The molecular formula is C15H21N5O2. The molecule has 0 saturated heterocycles. The van der Waals surface area contributed by atoms with E-state index in [1.165, 1.54) is 11.8 Å². The van der Waals surface area contributed by atoms with Crippen molar-refractivity contribution in [2.75, 3.05) is 20.6 Å². The first-order valence-corrected chi connectivity index (χ1v) is 7.36. The molecule has 7 heteroatoms. The van der Waals surface area contributed by atoms with Crippen LogP contribution < -0.4 is 0 Å². The Hall–Kier alpha value is -2.15. The van der Waals surface area contributed by atoms with Crippen LogP contribution in [0.5, 0.6) is 0 Å². The summed E-state index contributed by atoms with van der Waals surface area (Å²) in [6.07, 6.45) is 2.26. The lowest BCUT2D eigenvalue weighted by atomic mass is 10.0. The molecular weight excluding hydrogens is 282 g/mol. The van der Waals surface area contributed by atoms with Crippen LogP contribution in [0, 0.1) is 6.92 Å². The number of hydrogen-bond acceptors (Lipinski definition) is 5. The van der Waals surface area contributed by atoms with Gasteiger partial charge in [-0.1, -0.05) is 5.16 Å². The molecule has 0 aliphatic carbocycles. The predicted molar refractivity (Wildman–Crippen MR) is 80.3 cm³/mol. The van der Waals surface area contributed by atoms with Gasteiger partial charge < -0.3 is 14.3 Å². The van der Waals surface area contributed by atoms with Gasteiger partial charge in [-0.05, 0) is 27.4 Å². The molecule has 118 valence electrons. The molecule has 7 nitrogen and oxygen atoms in total. The van der Waals surface area contributed by atoms with Gasteiger partial charge in [0.1, 0.15) is 11.8 Å². The van der Waals surface area contributed by atoms with E-state index in [1.807, 2.05) is 30.7 Å². The zero-order valence-corrected chi connectivity index (χ0v) is 13.5. The Labute approximate surface area is 129 Å². The van der Waals surface area contributed by atoms with Crippen LogP contribution in [0.4, 0.5) is 0 Å². The van der Waals surface area contributed by atoms with Crippen LogP contribution in [0.2, 0.25) is 0 Å². The fraction of sp³-hybridized carbons (Fsp3) is 0.533. The van der Waals surface area contributed by atoms with Crippen LogP contribution in [0.15, 0.2) is 10.8 Å². The number of rotatable bonds is 3. The lowest BCUT2D eigenvalue weighted by Gasteiger charge is -2.27. The summed E-state index contributed by atoms with van der Waals surface area (Å²) >= 11 is 0. The van der Waals surface area contributed by atoms with E-state index >= 15 is 0 Å². The third kappa shape index (κ3) is 2.52. The molecule has 0 N–H and O–H groups in total. The van der Waals surface area contributed by atoms with E-state index < -0.39 is 0 Å². The molecule has 0 atom stereocenters. The maximum absolute atomic E-state index is 12.6. The van der Waals surface area contributed by atoms with Gasteiger partial charge in [0.2, 0.25) is 0 Å². The lowest BCUT2D eigenvalue weighted by molar-refractivity contribution is 0.0728. The summed E-state index contributed by atoms with van der Waals surface area (Å²) in [7, 11) is 6.01. The molecule has 3 heterocycles. The SMILES string of the molecule is Cc1nocc1C(=O)N1CCc2c(CN(C)C)nn(C)c2C1. The number of aryl methyl sites for hydroxylation is 2. The number of carbonyl (C=O) groups excluding carboxylic acids is 1. The lowest BCUT2D eigenvalue weighted by Crippen LogP contribution is -2.37. The number of nitrogens with zero attached hydrogens (tertiary/aromatic N) is 5. The highest BCUT2D eigenvalue weighted by molar-refractivity contribution is 5.94. The summed E-state index contributed by atoms with van der Waals surface area (Å²) < 4.78 is 6.77. The smallest absolute Gasteiger partial charge is 0.259 e. The predicted octanol–water partition coefficient (Wildman–Crippen LogP) is 0.977. The largest absolute Gasteiger partial charge is 0.364 e. The number of amides is 1. The van der Waals surface area contributed by atoms with Crippen molar-refractivity contribution in [2.24, 2.45) is 7.05 Å². The monoisotopic (exact) mass is 303 g/mol. The molecule has 0 saturated carbocycles. The normalized spacial score (nSPS) is 14.5. The van der Waals surface area contributed by atoms with Gasteiger partial charge in [-0.2, -0.15) is 5.10 Å². The van der Waals surface area contributed by atoms with Crippen molar-refractivity contribution in [2.45, 2.75) is 26.4 Å². The molecule has 0 fully saturated rings. The first-order valence-electron chi connectivity index (χ1n) is 7.36. The number of aromatic nitrogens is 3. The maximum Gasteiger partial charge on any atom is 0.259 e. The highest BCUT2D eigenvalue weighted by atomic mass is 16.5. The van der Waals surface area contributed by atoms with E-state index in [-0.39, 0.29) is 5.91 Å². The minimum Gasteiger partial charge on any atom is -0.364 e. The van der Waals surface area contributed by atoms with Crippen LogP contribution >= 0.6 is 0 Å². The second kappa shape index (κ2) is 5.57. The quantitative estimate of drug-likeness (QED) is 0.845. The van der Waals surface area contributed by atoms with Gasteiger partial charge in [0.25, 0.3) is 5.91 Å². The Morgan fingerprint density at radius 1 is 1.45 bits per heavy atom. The standard InChI is InChI=1S/C15H21N5O2/c1-10-12(9-22-17-10)15(21)20-6-5-11-13(7-18(2)3)16-19(4)14(11)8-20/h9H,5-8H2,1-4H3. The Balaban J connectivity index is 1.84. The van der Waals surface area contributed by atoms with Crippen LogP contribution in [0.1, 0.15) is 33.0 Å². The molecule has 0 aromatic carbocycles. The molecule has 2 aromatic rings. The fourth-order valence-corrected chi connectivity index (χ4v) is 2.92. The zero-order valence-electron chi connectivity index (χ0n) is 13.5. The molecule has 0 spiro atoms. The summed E-state index contributed by atoms with van der Waals surface area (Å²) in [6, 6.07) is 0. The Bertz CT molecular complexity index is 701. The van der Waals surface area contributed by atoms with Crippen molar-refractivity contribution >= 4 is 5.91 Å². The molecule has 22 heavy (non-hydrogen) atoms. The topological polar surface area (TPSA) is 67.4 Å². The van der Waals surface area contributed by atoms with E-state index in [1.54, 1.807) is 6.92 Å². The van der Waals surface area contributed by atoms with Gasteiger partial charge >= 0.3 is 0 Å². The first-order chi connectivity index (χ1) is 10.5. The molecule has 1 amide bonds. The Morgan fingerprint density at radius 3 is 2.86 bits per heavy atom. The Morgan fingerprint density at radius 2 is 2.23 bits per heavy atom. The molecule has 1 aliphatic rings. The van der Waals surface area contributed by atoms with Gasteiger partial charge in [-0.25, -0.2) is 0 Å². The Kier molecular flexibility index (Phi) is 3.74. The van der Waals surface area contributed by atoms with Crippen molar-refractivity contribution in [1.29, 1.82) is 0 Å². The number of carbonyl (C=O) groups is 1. The van der Waals surface area contributed by atoms with Gasteiger partial charge in [0.15, 0.2) is 0 Å². The molecule has 2 aromatic heterocycles. The van der Waals surface area contributed by atoms with Crippen molar-refractivity contribution in [3.8, 4) is 0 Å². The van der Waals surface area contributed by atoms with E-state index in [2.05, 4.69) is 15.2 Å². The third-order valence-corrected chi connectivity index (χ3v) is 4.06. The van der Waals surface area contributed by atoms with Gasteiger partial charge in [-0.3, -0.25) is 9.48 Å². The summed E-state index contributed by atoms with van der Waals surface area (Å²) in [5.74, 6) is -0.0280. The van der Waals surface area contributed by atoms with E-state index in [9.17, 15) is 4.79 Å². The van der Waals surface area contributed by atoms with Crippen LogP contribution in [0.3, 0.4) is 0 Å². The number of hydrogen-bond donors (Lipinski definition) is 0. The van der Waals surface area contributed by atoms with E-state index in [0.29, 0.717) is 24.3 Å². The maximum atomic E-state index is 12.6. The van der Waals surface area contributed by atoms with Gasteiger partial charge in [0.05, 0.1) is 23.6 Å². The summed E-state index contributed by atoms with van der Waals surface area (Å²) in [6.45, 7) is 3.88. The molecule has 0 unspecified atom stereocenters. The van der Waals surface area contributed by atoms with Crippen molar-refractivity contribution < 1.29 is 9.32 Å². The summed E-state index contributed by atoms with van der Waals surface area (Å²) in [4.78, 5) is 16.5. The first kappa shape index (κ1) is 14.8. The number of fused-ring (bicyclic) bond motifs is 1. The molecule has 0 bridgehead atoms. The van der Waals surface area contributed by atoms with Crippen LogP contribution in [0.25, 0.3) is 0 Å². The summed E-state index contributed by atoms with van der Waals surface area (Å²) in [5, 5.41) is 8.40. The summed E-state index contributed by atoms with van der Waals surface area (Å²) in [5.41, 5.74) is 4.68. The second-order valence-corrected chi connectivity index (χ2v) is 6.02. The second-order valence-electron chi connectivity index (χ2n) is 6.02. The van der Waals surface area contributed by atoms with E-state index in [4.69, 9.17) is 4.52 Å². The average molecular weight is 303 g/mol. The highest BCUT2D eigenvalue weighted by Crippen LogP contribution is 2.24.